The van der Waals surface area contributed by atoms with E-state index in [1.165, 1.54) is 12.1 Å². The van der Waals surface area contributed by atoms with Crippen LogP contribution in [-0.4, -0.2) is 20.7 Å². The molecule has 1 fully saturated rings. The van der Waals surface area contributed by atoms with Gasteiger partial charge in [-0.15, -0.1) is 0 Å². The van der Waals surface area contributed by atoms with E-state index in [2.05, 4.69) is 5.32 Å². The molecule has 0 aromatic heterocycles. The standard InChI is InChI=1S/C18H19ClFNO2S/c1-24(22,23)18-7-6-12(8-16(18)19)11-21-14-9-13(10-14)15-4-2-3-5-17(15)20/h2-8,13-14,21H,9-11H2,1H3. The molecule has 0 unspecified atom stereocenters. The maximum atomic E-state index is 13.7. The molecule has 24 heavy (non-hydrogen) atoms. The van der Waals surface area contributed by atoms with Crippen molar-refractivity contribution in [3.8, 4) is 0 Å². The number of nitrogens with one attached hydrogen (secondary N) is 1. The fourth-order valence-corrected chi connectivity index (χ4v) is 4.41. The van der Waals surface area contributed by atoms with E-state index in [1.54, 1.807) is 18.2 Å². The number of halogens is 2. The molecule has 3 rings (SSSR count). The second kappa shape index (κ2) is 6.82. The van der Waals surface area contributed by atoms with Crippen molar-refractivity contribution < 1.29 is 12.8 Å². The van der Waals surface area contributed by atoms with Gasteiger partial charge in [0.2, 0.25) is 0 Å². The van der Waals surface area contributed by atoms with Crippen LogP contribution in [-0.2, 0) is 16.4 Å². The Kier molecular flexibility index (Phi) is 4.95. The molecule has 0 radical (unpaired) electrons. The molecule has 0 atom stereocenters. The van der Waals surface area contributed by atoms with Gasteiger partial charge in [-0.2, -0.15) is 0 Å². The molecule has 0 amide bonds. The highest BCUT2D eigenvalue weighted by molar-refractivity contribution is 7.90. The van der Waals surface area contributed by atoms with Crippen LogP contribution in [0.15, 0.2) is 47.4 Å². The highest BCUT2D eigenvalue weighted by atomic mass is 35.5. The molecule has 0 spiro atoms. The number of hydrogen-bond donors (Lipinski definition) is 1. The van der Waals surface area contributed by atoms with Crippen molar-refractivity contribution in [2.24, 2.45) is 0 Å². The average Bonchev–Trinajstić information content (AvgIpc) is 2.46. The van der Waals surface area contributed by atoms with E-state index in [0.717, 1.165) is 30.2 Å². The maximum Gasteiger partial charge on any atom is 0.176 e. The van der Waals surface area contributed by atoms with E-state index in [-0.39, 0.29) is 21.7 Å². The summed E-state index contributed by atoms with van der Waals surface area (Å²) in [6.07, 6.45) is 2.94. The van der Waals surface area contributed by atoms with Gasteiger partial charge in [0.25, 0.3) is 0 Å². The van der Waals surface area contributed by atoms with Gasteiger partial charge in [0.1, 0.15) is 5.82 Å². The second-order valence-corrected chi connectivity index (χ2v) is 8.70. The zero-order valence-corrected chi connectivity index (χ0v) is 14.9. The topological polar surface area (TPSA) is 46.2 Å². The lowest BCUT2D eigenvalue weighted by Gasteiger charge is -2.36. The highest BCUT2D eigenvalue weighted by Crippen LogP contribution is 2.38. The predicted octanol–water partition coefficient (Wildman–Crippen LogP) is 3.92. The molecule has 0 bridgehead atoms. The fourth-order valence-electron chi connectivity index (χ4n) is 3.06. The molecule has 6 heteroatoms. The average molecular weight is 368 g/mol. The Bertz CT molecular complexity index is 848. The maximum absolute atomic E-state index is 13.7. The van der Waals surface area contributed by atoms with Gasteiger partial charge >= 0.3 is 0 Å². The lowest BCUT2D eigenvalue weighted by Crippen LogP contribution is -2.39. The van der Waals surface area contributed by atoms with Crippen molar-refractivity contribution in [3.63, 3.8) is 0 Å². The minimum absolute atomic E-state index is 0.135. The number of hydrogen-bond acceptors (Lipinski definition) is 3. The van der Waals surface area contributed by atoms with Crippen LogP contribution in [0.25, 0.3) is 0 Å². The third-order valence-electron chi connectivity index (χ3n) is 4.47. The smallest absolute Gasteiger partial charge is 0.176 e. The van der Waals surface area contributed by atoms with E-state index in [9.17, 15) is 12.8 Å². The zero-order chi connectivity index (χ0) is 17.3. The molecule has 0 aliphatic heterocycles. The van der Waals surface area contributed by atoms with Crippen molar-refractivity contribution in [2.75, 3.05) is 6.26 Å². The van der Waals surface area contributed by atoms with Gasteiger partial charge in [-0.1, -0.05) is 35.9 Å². The SMILES string of the molecule is CS(=O)(=O)c1ccc(CNC2CC(c3ccccc3F)C2)cc1Cl. The summed E-state index contributed by atoms with van der Waals surface area (Å²) < 4.78 is 36.8. The van der Waals surface area contributed by atoms with Gasteiger partial charge < -0.3 is 5.32 Å². The molecule has 2 aromatic carbocycles. The summed E-state index contributed by atoms with van der Waals surface area (Å²) in [5.41, 5.74) is 1.72. The summed E-state index contributed by atoms with van der Waals surface area (Å²) in [5.74, 6) is 0.129. The Balaban J connectivity index is 1.55. The summed E-state index contributed by atoms with van der Waals surface area (Å²) in [4.78, 5) is 0.149. The molecule has 2 aromatic rings. The van der Waals surface area contributed by atoms with E-state index < -0.39 is 9.84 Å². The third-order valence-corrected chi connectivity index (χ3v) is 6.05. The summed E-state index contributed by atoms with van der Waals surface area (Å²) in [7, 11) is -3.30. The Labute approximate surface area is 146 Å². The lowest BCUT2D eigenvalue weighted by atomic mass is 9.75. The van der Waals surface area contributed by atoms with Crippen LogP contribution in [0.1, 0.15) is 29.9 Å². The first-order valence-electron chi connectivity index (χ1n) is 7.81. The quantitative estimate of drug-likeness (QED) is 0.871. The fraction of sp³-hybridized carbons (Fsp3) is 0.333. The zero-order valence-electron chi connectivity index (χ0n) is 13.3. The normalized spacial score (nSPS) is 20.6. The molecule has 3 nitrogen and oxygen atoms in total. The van der Waals surface area contributed by atoms with E-state index in [4.69, 9.17) is 11.6 Å². The number of rotatable bonds is 5. The molecular formula is C18H19ClFNO2S. The Morgan fingerprint density at radius 1 is 1.21 bits per heavy atom. The first-order chi connectivity index (χ1) is 11.3. The van der Waals surface area contributed by atoms with Crippen LogP contribution >= 0.6 is 11.6 Å². The Morgan fingerprint density at radius 3 is 2.54 bits per heavy atom. The van der Waals surface area contributed by atoms with Gasteiger partial charge in [-0.3, -0.25) is 0 Å². The van der Waals surface area contributed by atoms with Crippen LogP contribution in [0.5, 0.6) is 0 Å². The van der Waals surface area contributed by atoms with E-state index in [0.29, 0.717) is 12.6 Å². The van der Waals surface area contributed by atoms with Crippen molar-refractivity contribution in [2.45, 2.75) is 36.2 Å². The predicted molar refractivity (Wildman–Crippen MR) is 93.6 cm³/mol. The summed E-state index contributed by atoms with van der Waals surface area (Å²) in [6, 6.07) is 12.2. The number of sulfone groups is 1. The van der Waals surface area contributed by atoms with Crippen LogP contribution in [0.4, 0.5) is 4.39 Å². The molecule has 1 saturated carbocycles. The Hall–Kier alpha value is -1.43. The first-order valence-corrected chi connectivity index (χ1v) is 10.1. The molecule has 128 valence electrons. The monoisotopic (exact) mass is 367 g/mol. The number of benzene rings is 2. The molecule has 1 aliphatic carbocycles. The van der Waals surface area contributed by atoms with Gasteiger partial charge in [0.05, 0.1) is 9.92 Å². The summed E-state index contributed by atoms with van der Waals surface area (Å²) in [5, 5.41) is 3.65. The van der Waals surface area contributed by atoms with E-state index >= 15 is 0 Å². The Morgan fingerprint density at radius 2 is 1.92 bits per heavy atom. The molecule has 1 aliphatic rings. The van der Waals surface area contributed by atoms with Crippen molar-refractivity contribution in [3.05, 3.63) is 64.4 Å². The van der Waals surface area contributed by atoms with Crippen LogP contribution < -0.4 is 5.32 Å². The highest BCUT2D eigenvalue weighted by Gasteiger charge is 2.31. The molecule has 1 N–H and O–H groups in total. The summed E-state index contributed by atoms with van der Waals surface area (Å²) in [6.45, 7) is 0.610. The largest absolute Gasteiger partial charge is 0.310 e. The van der Waals surface area contributed by atoms with Crippen molar-refractivity contribution in [1.82, 2.24) is 5.32 Å². The first kappa shape index (κ1) is 17.4. The van der Waals surface area contributed by atoms with Crippen LogP contribution in [0.3, 0.4) is 0 Å². The molecule has 0 saturated heterocycles. The van der Waals surface area contributed by atoms with Crippen LogP contribution in [0.2, 0.25) is 5.02 Å². The van der Waals surface area contributed by atoms with Crippen molar-refractivity contribution >= 4 is 21.4 Å². The van der Waals surface area contributed by atoms with Crippen LogP contribution in [0, 0.1) is 5.82 Å². The lowest BCUT2D eigenvalue weighted by molar-refractivity contribution is 0.284. The molecule has 0 heterocycles. The molecular weight excluding hydrogens is 349 g/mol. The second-order valence-electron chi connectivity index (χ2n) is 6.30. The van der Waals surface area contributed by atoms with E-state index in [1.807, 2.05) is 12.1 Å². The third kappa shape index (κ3) is 3.79. The van der Waals surface area contributed by atoms with Gasteiger partial charge in [-0.25, -0.2) is 12.8 Å². The van der Waals surface area contributed by atoms with Gasteiger partial charge in [-0.05, 0) is 48.1 Å². The summed E-state index contributed by atoms with van der Waals surface area (Å²) >= 11 is 6.05. The van der Waals surface area contributed by atoms with Gasteiger partial charge in [0.15, 0.2) is 9.84 Å². The minimum Gasteiger partial charge on any atom is -0.310 e. The van der Waals surface area contributed by atoms with Crippen molar-refractivity contribution in [1.29, 1.82) is 0 Å². The minimum atomic E-state index is -3.30. The van der Waals surface area contributed by atoms with Gasteiger partial charge in [0, 0.05) is 18.8 Å².